The smallest absolute Gasteiger partial charge is 0.295 e. The molecule has 1 amide bonds. The number of nitrogens with zero attached hydrogens (tertiary/aromatic N) is 3. The number of rotatable bonds is 6. The van der Waals surface area contributed by atoms with Crippen molar-refractivity contribution in [3.05, 3.63) is 76.0 Å². The van der Waals surface area contributed by atoms with Gasteiger partial charge in [-0.3, -0.25) is 14.6 Å². The SMILES string of the molecule is CCOc1cc(C2/C(=C(\O)c3cnccn3)C(=O)C(=O)N2Cc2cccs2)ccc1O. The van der Waals surface area contributed by atoms with Gasteiger partial charge in [0.2, 0.25) is 0 Å². The minimum atomic E-state index is -0.885. The standard InChI is InChI=1S/C22H19N3O5S/c1-2-30-17-10-13(5-6-16(17)26)19-18(20(27)15-11-23-7-8-24-15)21(28)22(29)25(19)12-14-4-3-9-31-14/h3-11,19,26-27H,2,12H2,1H3/b20-18+. The van der Waals surface area contributed by atoms with Gasteiger partial charge in [-0.1, -0.05) is 12.1 Å². The Balaban J connectivity index is 1.88. The monoisotopic (exact) mass is 437 g/mol. The summed E-state index contributed by atoms with van der Waals surface area (Å²) in [5.74, 6) is -1.78. The average molecular weight is 437 g/mol. The topological polar surface area (TPSA) is 113 Å². The maximum absolute atomic E-state index is 13.0. The van der Waals surface area contributed by atoms with Crippen molar-refractivity contribution < 1.29 is 24.5 Å². The van der Waals surface area contributed by atoms with Crippen LogP contribution in [0, 0.1) is 0 Å². The van der Waals surface area contributed by atoms with Gasteiger partial charge in [0.05, 0.1) is 31.0 Å². The third kappa shape index (κ3) is 3.87. The predicted octanol–water partition coefficient (Wildman–Crippen LogP) is 3.26. The van der Waals surface area contributed by atoms with Gasteiger partial charge in [-0.25, -0.2) is 4.98 Å². The van der Waals surface area contributed by atoms with E-state index in [1.54, 1.807) is 19.1 Å². The third-order valence-electron chi connectivity index (χ3n) is 4.85. The van der Waals surface area contributed by atoms with Crippen LogP contribution in [-0.4, -0.2) is 43.4 Å². The molecular formula is C22H19N3O5S. The number of aromatic nitrogens is 2. The molecule has 9 heteroatoms. The number of amides is 1. The predicted molar refractivity (Wildman–Crippen MR) is 113 cm³/mol. The van der Waals surface area contributed by atoms with E-state index in [-0.39, 0.29) is 29.3 Å². The van der Waals surface area contributed by atoms with E-state index in [0.717, 1.165) is 4.88 Å². The molecule has 1 saturated heterocycles. The van der Waals surface area contributed by atoms with Crippen LogP contribution in [-0.2, 0) is 16.1 Å². The van der Waals surface area contributed by atoms with Gasteiger partial charge in [0.25, 0.3) is 11.7 Å². The van der Waals surface area contributed by atoms with Crippen LogP contribution in [0.25, 0.3) is 5.76 Å². The average Bonchev–Trinajstić information content (AvgIpc) is 3.38. The molecule has 3 aromatic rings. The summed E-state index contributed by atoms with van der Waals surface area (Å²) in [6, 6.07) is 7.45. The quantitative estimate of drug-likeness (QED) is 0.346. The Kier molecular flexibility index (Phi) is 5.68. The van der Waals surface area contributed by atoms with E-state index in [9.17, 15) is 19.8 Å². The molecule has 0 aliphatic carbocycles. The number of thiophene rings is 1. The van der Waals surface area contributed by atoms with Crippen LogP contribution in [0.5, 0.6) is 11.5 Å². The number of phenols is 1. The number of ketones is 1. The second-order valence-corrected chi connectivity index (χ2v) is 7.79. The van der Waals surface area contributed by atoms with E-state index >= 15 is 0 Å². The number of aliphatic hydroxyl groups excluding tert-OH is 1. The number of ether oxygens (including phenoxy) is 1. The van der Waals surface area contributed by atoms with Crippen LogP contribution < -0.4 is 4.74 Å². The molecule has 0 saturated carbocycles. The van der Waals surface area contributed by atoms with Gasteiger partial charge in [0.1, 0.15) is 5.69 Å². The van der Waals surface area contributed by atoms with Gasteiger partial charge in [-0.15, -0.1) is 11.3 Å². The van der Waals surface area contributed by atoms with Crippen LogP contribution in [0.15, 0.2) is 59.9 Å². The summed E-state index contributed by atoms with van der Waals surface area (Å²) in [5, 5.41) is 22.9. The summed E-state index contributed by atoms with van der Waals surface area (Å²) in [4.78, 5) is 36.2. The van der Waals surface area contributed by atoms with Gasteiger partial charge in [-0.05, 0) is 36.1 Å². The second-order valence-electron chi connectivity index (χ2n) is 6.76. The fourth-order valence-corrected chi connectivity index (χ4v) is 4.19. The molecule has 0 bridgehead atoms. The largest absolute Gasteiger partial charge is 0.505 e. The molecule has 3 heterocycles. The van der Waals surface area contributed by atoms with Gasteiger partial charge < -0.3 is 19.8 Å². The van der Waals surface area contributed by atoms with Crippen molar-refractivity contribution in [1.82, 2.24) is 14.9 Å². The normalized spacial score (nSPS) is 17.8. The first-order valence-corrected chi connectivity index (χ1v) is 10.4. The van der Waals surface area contributed by atoms with E-state index < -0.39 is 23.5 Å². The fraction of sp³-hybridized carbons (Fsp3) is 0.182. The number of carbonyl (C=O) groups is 2. The van der Waals surface area contributed by atoms with Crippen LogP contribution in [0.3, 0.4) is 0 Å². The van der Waals surface area contributed by atoms with Gasteiger partial charge in [-0.2, -0.15) is 0 Å². The molecule has 1 unspecified atom stereocenters. The lowest BCUT2D eigenvalue weighted by Crippen LogP contribution is -2.28. The molecule has 2 N–H and O–H groups in total. The molecule has 0 spiro atoms. The highest BCUT2D eigenvalue weighted by atomic mass is 32.1. The highest BCUT2D eigenvalue weighted by Gasteiger charge is 2.46. The summed E-state index contributed by atoms with van der Waals surface area (Å²) in [7, 11) is 0. The van der Waals surface area contributed by atoms with Crippen LogP contribution >= 0.6 is 11.3 Å². The highest BCUT2D eigenvalue weighted by Crippen LogP contribution is 2.42. The number of aliphatic hydroxyl groups is 1. The molecule has 1 fully saturated rings. The second kappa shape index (κ2) is 8.57. The summed E-state index contributed by atoms with van der Waals surface area (Å²) < 4.78 is 5.47. The molecule has 4 rings (SSSR count). The summed E-state index contributed by atoms with van der Waals surface area (Å²) in [5.41, 5.74) is 0.517. The Labute approximate surface area is 182 Å². The fourth-order valence-electron chi connectivity index (χ4n) is 3.49. The van der Waals surface area contributed by atoms with Crippen LogP contribution in [0.4, 0.5) is 0 Å². The van der Waals surface area contributed by atoms with Crippen molar-refractivity contribution in [2.24, 2.45) is 0 Å². The van der Waals surface area contributed by atoms with Crippen molar-refractivity contribution in [2.45, 2.75) is 19.5 Å². The lowest BCUT2D eigenvalue weighted by Gasteiger charge is -2.25. The Morgan fingerprint density at radius 1 is 1.26 bits per heavy atom. The number of hydrogen-bond acceptors (Lipinski definition) is 8. The summed E-state index contributed by atoms with van der Waals surface area (Å²) >= 11 is 1.46. The first kappa shape index (κ1) is 20.5. The van der Waals surface area contributed by atoms with Gasteiger partial charge >= 0.3 is 0 Å². The van der Waals surface area contributed by atoms with Crippen molar-refractivity contribution in [3.63, 3.8) is 0 Å². The van der Waals surface area contributed by atoms with Crippen LogP contribution in [0.2, 0.25) is 0 Å². The Hall–Kier alpha value is -3.72. The maximum Gasteiger partial charge on any atom is 0.295 e. The zero-order valence-corrected chi connectivity index (χ0v) is 17.4. The molecule has 1 aromatic carbocycles. The minimum Gasteiger partial charge on any atom is -0.505 e. The molecule has 1 atom stereocenters. The summed E-state index contributed by atoms with van der Waals surface area (Å²) in [6.45, 7) is 2.30. The molecule has 1 aliphatic rings. The first-order valence-electron chi connectivity index (χ1n) is 9.54. The molecule has 1 aliphatic heterocycles. The Morgan fingerprint density at radius 2 is 2.10 bits per heavy atom. The molecule has 158 valence electrons. The van der Waals surface area contributed by atoms with Crippen molar-refractivity contribution in [2.75, 3.05) is 6.61 Å². The molecule has 31 heavy (non-hydrogen) atoms. The van der Waals surface area contributed by atoms with Crippen molar-refractivity contribution in [1.29, 1.82) is 0 Å². The number of hydrogen-bond donors (Lipinski definition) is 2. The third-order valence-corrected chi connectivity index (χ3v) is 5.71. The number of Topliss-reactive ketones (excluding diaryl/α,β-unsaturated/α-hetero) is 1. The molecular weight excluding hydrogens is 418 g/mol. The lowest BCUT2D eigenvalue weighted by atomic mass is 9.96. The molecule has 2 aromatic heterocycles. The van der Waals surface area contributed by atoms with E-state index in [4.69, 9.17) is 4.74 Å². The van der Waals surface area contributed by atoms with Gasteiger partial charge in [0, 0.05) is 17.3 Å². The lowest BCUT2D eigenvalue weighted by molar-refractivity contribution is -0.140. The Morgan fingerprint density at radius 3 is 2.77 bits per heavy atom. The van der Waals surface area contributed by atoms with Gasteiger partial charge in [0.15, 0.2) is 17.3 Å². The van der Waals surface area contributed by atoms with E-state index in [2.05, 4.69) is 9.97 Å². The first-order chi connectivity index (χ1) is 15.0. The number of aromatic hydroxyl groups is 1. The highest BCUT2D eigenvalue weighted by molar-refractivity contribution is 7.09. The van der Waals surface area contributed by atoms with Crippen molar-refractivity contribution in [3.8, 4) is 11.5 Å². The Bertz CT molecular complexity index is 1150. The zero-order valence-electron chi connectivity index (χ0n) is 16.6. The zero-order chi connectivity index (χ0) is 22.0. The number of benzene rings is 1. The number of carbonyl (C=O) groups excluding carboxylic acids is 2. The number of phenolic OH excluding ortho intramolecular Hbond substituents is 1. The molecule has 8 nitrogen and oxygen atoms in total. The van der Waals surface area contributed by atoms with E-state index in [1.165, 1.54) is 40.9 Å². The van der Waals surface area contributed by atoms with E-state index in [1.807, 2.05) is 17.5 Å². The summed E-state index contributed by atoms with van der Waals surface area (Å²) in [6.07, 6.45) is 4.15. The van der Waals surface area contributed by atoms with Crippen LogP contribution in [0.1, 0.15) is 29.1 Å². The van der Waals surface area contributed by atoms with Crippen molar-refractivity contribution >= 4 is 28.8 Å². The molecule has 0 radical (unpaired) electrons. The minimum absolute atomic E-state index is 0.0604. The van der Waals surface area contributed by atoms with E-state index in [0.29, 0.717) is 12.2 Å². The number of likely N-dealkylation sites (tertiary alicyclic amines) is 1. The maximum atomic E-state index is 13.0.